The van der Waals surface area contributed by atoms with Crippen LogP contribution in [0.1, 0.15) is 61.8 Å². The van der Waals surface area contributed by atoms with Crippen molar-refractivity contribution in [1.82, 2.24) is 0 Å². The minimum absolute atomic E-state index is 0.653. The highest BCUT2D eigenvalue weighted by Crippen LogP contribution is 2.14. The number of hydrogen-bond acceptors (Lipinski definition) is 0. The average molecular weight is 268 g/mol. The lowest BCUT2D eigenvalue weighted by Gasteiger charge is -2.03. The normalized spacial score (nSPS) is 10.4. The van der Waals surface area contributed by atoms with Crippen LogP contribution in [0.5, 0.6) is 0 Å². The van der Waals surface area contributed by atoms with E-state index < -0.39 is 0 Å². The molecule has 0 heteroatoms. The standard InChI is InChI=1S/2C10H14/c2*1-8(2)10-6-4-9(3)5-7-10/h2*4-8H,1-3H3. The summed E-state index contributed by atoms with van der Waals surface area (Å²) in [7, 11) is 0. The van der Waals surface area contributed by atoms with E-state index in [2.05, 4.69) is 90.1 Å². The minimum Gasteiger partial charge on any atom is -0.0590 e. The molecule has 0 aliphatic rings. The zero-order valence-electron chi connectivity index (χ0n) is 13.8. The molecule has 0 aliphatic heterocycles. The van der Waals surface area contributed by atoms with Crippen molar-refractivity contribution in [3.63, 3.8) is 0 Å². The average Bonchev–Trinajstić information content (AvgIpc) is 2.40. The van der Waals surface area contributed by atoms with Crippen molar-refractivity contribution in [2.75, 3.05) is 0 Å². The van der Waals surface area contributed by atoms with Crippen molar-refractivity contribution in [2.45, 2.75) is 53.4 Å². The molecule has 0 aliphatic carbocycles. The van der Waals surface area contributed by atoms with E-state index in [0.717, 1.165) is 0 Å². The first-order valence-corrected chi connectivity index (χ1v) is 7.53. The SMILES string of the molecule is Cc1ccc(C(C)C)cc1.Cc1ccc(C(C)C)cc1. The zero-order valence-corrected chi connectivity index (χ0v) is 13.8. The molecule has 0 fully saturated rings. The molecule has 0 nitrogen and oxygen atoms in total. The Bertz CT molecular complexity index is 437. The van der Waals surface area contributed by atoms with E-state index >= 15 is 0 Å². The van der Waals surface area contributed by atoms with E-state index in [-0.39, 0.29) is 0 Å². The lowest BCUT2D eigenvalue weighted by atomic mass is 10.0. The Balaban J connectivity index is 0.000000200. The summed E-state index contributed by atoms with van der Waals surface area (Å²) in [6, 6.07) is 17.4. The molecule has 0 saturated carbocycles. The molecule has 0 spiro atoms. The van der Waals surface area contributed by atoms with Crippen LogP contribution < -0.4 is 0 Å². The Morgan fingerprint density at radius 2 is 0.750 bits per heavy atom. The number of rotatable bonds is 2. The van der Waals surface area contributed by atoms with E-state index in [1.54, 1.807) is 0 Å². The zero-order chi connectivity index (χ0) is 15.1. The van der Waals surface area contributed by atoms with Crippen LogP contribution in [0.4, 0.5) is 0 Å². The lowest BCUT2D eigenvalue weighted by Crippen LogP contribution is -1.85. The van der Waals surface area contributed by atoms with Crippen LogP contribution in [0.3, 0.4) is 0 Å². The second-order valence-corrected chi connectivity index (χ2v) is 6.13. The maximum atomic E-state index is 2.21. The smallest absolute Gasteiger partial charge is 0.0219 e. The monoisotopic (exact) mass is 268 g/mol. The molecular formula is C20H28. The maximum Gasteiger partial charge on any atom is -0.0219 e. The fourth-order valence-corrected chi connectivity index (χ4v) is 1.90. The molecule has 0 heterocycles. The third kappa shape index (κ3) is 5.61. The molecule has 0 bridgehead atoms. The number of aryl methyl sites for hydroxylation is 2. The van der Waals surface area contributed by atoms with E-state index in [4.69, 9.17) is 0 Å². The first kappa shape index (κ1) is 16.5. The largest absolute Gasteiger partial charge is 0.0590 e. The van der Waals surface area contributed by atoms with Gasteiger partial charge in [0.2, 0.25) is 0 Å². The van der Waals surface area contributed by atoms with Crippen molar-refractivity contribution < 1.29 is 0 Å². The Hall–Kier alpha value is -1.56. The number of benzene rings is 2. The van der Waals surface area contributed by atoms with Crippen molar-refractivity contribution in [1.29, 1.82) is 0 Å². The third-order valence-corrected chi connectivity index (χ3v) is 3.49. The fourth-order valence-electron chi connectivity index (χ4n) is 1.90. The van der Waals surface area contributed by atoms with Gasteiger partial charge in [0.25, 0.3) is 0 Å². The van der Waals surface area contributed by atoms with E-state index in [1.807, 2.05) is 0 Å². The van der Waals surface area contributed by atoms with Crippen LogP contribution in [0.15, 0.2) is 48.5 Å². The summed E-state index contributed by atoms with van der Waals surface area (Å²) in [5, 5.41) is 0. The van der Waals surface area contributed by atoms with Crippen molar-refractivity contribution >= 4 is 0 Å². The molecule has 0 unspecified atom stereocenters. The van der Waals surface area contributed by atoms with Crippen LogP contribution in [0.2, 0.25) is 0 Å². The number of hydrogen-bond donors (Lipinski definition) is 0. The summed E-state index contributed by atoms with van der Waals surface area (Å²) >= 11 is 0. The Labute approximate surface area is 124 Å². The highest BCUT2D eigenvalue weighted by atomic mass is 14.0. The molecule has 2 aromatic rings. The minimum atomic E-state index is 0.653. The van der Waals surface area contributed by atoms with Crippen molar-refractivity contribution in [3.05, 3.63) is 70.8 Å². The summed E-state index contributed by atoms with van der Waals surface area (Å²) in [5.74, 6) is 1.31. The first-order chi connectivity index (χ1) is 9.40. The highest BCUT2D eigenvalue weighted by Gasteiger charge is 1.96. The first-order valence-electron chi connectivity index (χ1n) is 7.53. The van der Waals surface area contributed by atoms with Gasteiger partial charge in [-0.05, 0) is 36.8 Å². The van der Waals surface area contributed by atoms with Crippen LogP contribution >= 0.6 is 0 Å². The van der Waals surface area contributed by atoms with E-state index in [9.17, 15) is 0 Å². The molecule has 0 saturated heterocycles. The van der Waals surface area contributed by atoms with Crippen LogP contribution in [0.25, 0.3) is 0 Å². The van der Waals surface area contributed by atoms with Gasteiger partial charge >= 0.3 is 0 Å². The predicted octanol–water partition coefficient (Wildman–Crippen LogP) is 6.24. The van der Waals surface area contributed by atoms with Crippen molar-refractivity contribution in [3.8, 4) is 0 Å². The maximum absolute atomic E-state index is 2.21. The van der Waals surface area contributed by atoms with Gasteiger partial charge in [-0.1, -0.05) is 87.4 Å². The molecule has 0 N–H and O–H groups in total. The summed E-state index contributed by atoms with van der Waals surface area (Å²) in [5.41, 5.74) is 5.52. The van der Waals surface area contributed by atoms with Gasteiger partial charge in [0.1, 0.15) is 0 Å². The van der Waals surface area contributed by atoms with Gasteiger partial charge in [0.15, 0.2) is 0 Å². The molecule has 0 radical (unpaired) electrons. The molecular weight excluding hydrogens is 240 g/mol. The van der Waals surface area contributed by atoms with Gasteiger partial charge < -0.3 is 0 Å². The van der Waals surface area contributed by atoms with Gasteiger partial charge in [0.05, 0.1) is 0 Å². The molecule has 2 rings (SSSR count). The third-order valence-electron chi connectivity index (χ3n) is 3.49. The summed E-state index contributed by atoms with van der Waals surface area (Å²) in [6.45, 7) is 13.1. The molecule has 20 heavy (non-hydrogen) atoms. The van der Waals surface area contributed by atoms with Crippen LogP contribution in [-0.4, -0.2) is 0 Å². The second kappa shape index (κ2) is 7.89. The summed E-state index contributed by atoms with van der Waals surface area (Å²) in [6.07, 6.45) is 0. The van der Waals surface area contributed by atoms with Crippen molar-refractivity contribution in [2.24, 2.45) is 0 Å². The predicted molar refractivity (Wildman–Crippen MR) is 90.5 cm³/mol. The molecule has 0 amide bonds. The van der Waals surface area contributed by atoms with Gasteiger partial charge in [0, 0.05) is 0 Å². The fraction of sp³-hybridized carbons (Fsp3) is 0.400. The molecule has 108 valence electrons. The highest BCUT2D eigenvalue weighted by molar-refractivity contribution is 5.24. The second-order valence-electron chi connectivity index (χ2n) is 6.13. The van der Waals surface area contributed by atoms with Gasteiger partial charge in [-0.2, -0.15) is 0 Å². The van der Waals surface area contributed by atoms with Crippen LogP contribution in [-0.2, 0) is 0 Å². The topological polar surface area (TPSA) is 0 Å². The summed E-state index contributed by atoms with van der Waals surface area (Å²) < 4.78 is 0. The van der Waals surface area contributed by atoms with E-state index in [1.165, 1.54) is 22.3 Å². The van der Waals surface area contributed by atoms with Gasteiger partial charge in [-0.25, -0.2) is 0 Å². The Morgan fingerprint density at radius 1 is 0.500 bits per heavy atom. The Morgan fingerprint density at radius 3 is 0.950 bits per heavy atom. The summed E-state index contributed by atoms with van der Waals surface area (Å²) in [4.78, 5) is 0. The van der Waals surface area contributed by atoms with Gasteiger partial charge in [-0.3, -0.25) is 0 Å². The van der Waals surface area contributed by atoms with Gasteiger partial charge in [-0.15, -0.1) is 0 Å². The quantitative estimate of drug-likeness (QED) is 0.605. The molecule has 0 aromatic heterocycles. The molecule has 2 aromatic carbocycles. The van der Waals surface area contributed by atoms with E-state index in [0.29, 0.717) is 11.8 Å². The lowest BCUT2D eigenvalue weighted by molar-refractivity contribution is 0.866. The molecule has 0 atom stereocenters. The Kier molecular flexibility index (Phi) is 6.51. The van der Waals surface area contributed by atoms with Crippen LogP contribution in [0, 0.1) is 13.8 Å².